The third kappa shape index (κ3) is 4.57. The third-order valence-electron chi connectivity index (χ3n) is 4.56. The van der Waals surface area contributed by atoms with Crippen LogP contribution in [-0.4, -0.2) is 73.6 Å². The van der Waals surface area contributed by atoms with Gasteiger partial charge in [0.15, 0.2) is 0 Å². The zero-order chi connectivity index (χ0) is 14.7. The van der Waals surface area contributed by atoms with Crippen molar-refractivity contribution in [3.8, 4) is 0 Å². The lowest BCUT2D eigenvalue weighted by Gasteiger charge is -2.35. The fourth-order valence-electron chi connectivity index (χ4n) is 2.97. The minimum atomic E-state index is -0.243. The Bertz CT molecular complexity index is 389. The first-order chi connectivity index (χ1) is 10.2. The lowest BCUT2D eigenvalue weighted by Crippen LogP contribution is -2.54. The number of carbonyl (C=O) groups excluding carboxylic acids is 2. The zero-order valence-corrected chi connectivity index (χ0v) is 13.8. The van der Waals surface area contributed by atoms with Crippen molar-refractivity contribution in [3.05, 3.63) is 0 Å². The van der Waals surface area contributed by atoms with Crippen LogP contribution in [0.5, 0.6) is 0 Å². The first-order valence-electron chi connectivity index (χ1n) is 8.13. The number of rotatable bonds is 5. The first kappa shape index (κ1) is 17.5. The topological polar surface area (TPSA) is 61.9 Å². The molecule has 2 heterocycles. The summed E-state index contributed by atoms with van der Waals surface area (Å²) in [6, 6.07) is 0. The molecule has 0 aromatic carbocycles. The summed E-state index contributed by atoms with van der Waals surface area (Å²) in [4.78, 5) is 28.0. The molecule has 1 atom stereocenters. The minimum Gasteiger partial charge on any atom is -0.368 e. The maximum atomic E-state index is 12.2. The second kappa shape index (κ2) is 8.13. The van der Waals surface area contributed by atoms with E-state index >= 15 is 0 Å². The van der Waals surface area contributed by atoms with Crippen LogP contribution in [0.1, 0.15) is 25.7 Å². The van der Waals surface area contributed by atoms with Crippen LogP contribution in [-0.2, 0) is 14.3 Å². The second-order valence-electron chi connectivity index (χ2n) is 6.28. The Morgan fingerprint density at radius 1 is 1.05 bits per heavy atom. The molecule has 1 unspecified atom stereocenters. The highest BCUT2D eigenvalue weighted by Crippen LogP contribution is 2.27. The van der Waals surface area contributed by atoms with Gasteiger partial charge in [-0.2, -0.15) is 0 Å². The number of ether oxygens (including phenoxy) is 1. The molecule has 22 heavy (non-hydrogen) atoms. The van der Waals surface area contributed by atoms with Gasteiger partial charge in [-0.15, -0.1) is 12.4 Å². The van der Waals surface area contributed by atoms with Gasteiger partial charge in [-0.05, 0) is 38.1 Å². The minimum absolute atomic E-state index is 0. The van der Waals surface area contributed by atoms with Crippen molar-refractivity contribution >= 4 is 24.2 Å². The normalized spacial score (nSPS) is 25.0. The Labute approximate surface area is 137 Å². The molecule has 3 rings (SSSR count). The highest BCUT2D eigenvalue weighted by atomic mass is 35.5. The predicted octanol–water partition coefficient (Wildman–Crippen LogP) is 0.258. The average molecular weight is 332 g/mol. The monoisotopic (exact) mass is 331 g/mol. The molecule has 0 aromatic heterocycles. The maximum Gasteiger partial charge on any atom is 0.251 e. The molecule has 3 fully saturated rings. The maximum absolute atomic E-state index is 12.2. The van der Waals surface area contributed by atoms with E-state index in [0.717, 1.165) is 25.3 Å². The van der Waals surface area contributed by atoms with Gasteiger partial charge in [-0.3, -0.25) is 9.59 Å². The number of halogens is 1. The van der Waals surface area contributed by atoms with E-state index in [1.807, 2.05) is 9.80 Å². The number of hydrogen-bond donors (Lipinski definition) is 1. The van der Waals surface area contributed by atoms with Crippen LogP contribution in [0.25, 0.3) is 0 Å². The number of piperazine rings is 1. The molecule has 0 bridgehead atoms. The fourth-order valence-corrected chi connectivity index (χ4v) is 2.97. The van der Waals surface area contributed by atoms with Crippen LogP contribution in [0.2, 0.25) is 0 Å². The lowest BCUT2D eigenvalue weighted by atomic mass is 10.2. The van der Waals surface area contributed by atoms with E-state index in [2.05, 4.69) is 5.32 Å². The number of hydrogen-bond acceptors (Lipinski definition) is 4. The lowest BCUT2D eigenvalue weighted by molar-refractivity contribution is -0.145. The molecule has 0 radical (unpaired) electrons. The highest BCUT2D eigenvalue weighted by molar-refractivity contribution is 5.85. The third-order valence-corrected chi connectivity index (χ3v) is 4.56. The summed E-state index contributed by atoms with van der Waals surface area (Å²) >= 11 is 0. The van der Waals surface area contributed by atoms with Crippen molar-refractivity contribution in [2.75, 3.05) is 45.9 Å². The standard InChI is InChI=1S/C15H25N3O3.ClH/c19-14(11-16-10-12-3-4-12)17-5-7-18(8-6-17)15(20)13-2-1-9-21-13;/h12-13,16H,1-11H2;1H. The van der Waals surface area contributed by atoms with E-state index in [-0.39, 0.29) is 30.3 Å². The smallest absolute Gasteiger partial charge is 0.251 e. The summed E-state index contributed by atoms with van der Waals surface area (Å²) in [5.41, 5.74) is 0. The summed E-state index contributed by atoms with van der Waals surface area (Å²) in [6.45, 7) is 4.63. The van der Waals surface area contributed by atoms with Gasteiger partial charge in [0.1, 0.15) is 6.10 Å². The zero-order valence-electron chi connectivity index (χ0n) is 13.0. The summed E-state index contributed by atoms with van der Waals surface area (Å²) in [5.74, 6) is 1.05. The second-order valence-corrected chi connectivity index (χ2v) is 6.28. The molecular formula is C15H26ClN3O3. The van der Waals surface area contributed by atoms with Crippen LogP contribution in [0, 0.1) is 5.92 Å². The largest absolute Gasteiger partial charge is 0.368 e. The number of nitrogens with zero attached hydrogens (tertiary/aromatic N) is 2. The average Bonchev–Trinajstić information content (AvgIpc) is 3.17. The molecule has 0 aromatic rings. The molecule has 1 saturated carbocycles. The Morgan fingerprint density at radius 3 is 2.32 bits per heavy atom. The van der Waals surface area contributed by atoms with E-state index in [0.29, 0.717) is 39.3 Å². The molecule has 1 aliphatic carbocycles. The van der Waals surface area contributed by atoms with Crippen molar-refractivity contribution in [1.82, 2.24) is 15.1 Å². The van der Waals surface area contributed by atoms with Crippen LogP contribution in [0.15, 0.2) is 0 Å². The van der Waals surface area contributed by atoms with E-state index in [4.69, 9.17) is 4.74 Å². The Kier molecular flexibility index (Phi) is 6.47. The van der Waals surface area contributed by atoms with Gasteiger partial charge in [0, 0.05) is 32.8 Å². The molecular weight excluding hydrogens is 306 g/mol. The molecule has 6 nitrogen and oxygen atoms in total. The molecule has 3 aliphatic rings. The van der Waals surface area contributed by atoms with Crippen LogP contribution in [0.3, 0.4) is 0 Å². The van der Waals surface area contributed by atoms with E-state index in [9.17, 15) is 9.59 Å². The van der Waals surface area contributed by atoms with Gasteiger partial charge in [-0.1, -0.05) is 0 Å². The van der Waals surface area contributed by atoms with Gasteiger partial charge in [-0.25, -0.2) is 0 Å². The van der Waals surface area contributed by atoms with Crippen molar-refractivity contribution < 1.29 is 14.3 Å². The van der Waals surface area contributed by atoms with Gasteiger partial charge in [0.25, 0.3) is 5.91 Å². The number of nitrogens with one attached hydrogen (secondary N) is 1. The van der Waals surface area contributed by atoms with Gasteiger partial charge >= 0.3 is 0 Å². The number of carbonyl (C=O) groups is 2. The van der Waals surface area contributed by atoms with E-state index in [1.54, 1.807) is 0 Å². The summed E-state index contributed by atoms with van der Waals surface area (Å²) in [6.07, 6.45) is 4.16. The van der Waals surface area contributed by atoms with Gasteiger partial charge < -0.3 is 19.9 Å². The van der Waals surface area contributed by atoms with E-state index < -0.39 is 0 Å². The summed E-state index contributed by atoms with van der Waals surface area (Å²) in [5, 5.41) is 3.23. The van der Waals surface area contributed by atoms with Crippen LogP contribution in [0.4, 0.5) is 0 Å². The molecule has 126 valence electrons. The molecule has 2 saturated heterocycles. The molecule has 2 amide bonds. The Hall–Kier alpha value is -0.850. The van der Waals surface area contributed by atoms with E-state index in [1.165, 1.54) is 12.8 Å². The fraction of sp³-hybridized carbons (Fsp3) is 0.867. The van der Waals surface area contributed by atoms with Gasteiger partial charge in [0.2, 0.25) is 5.91 Å². The van der Waals surface area contributed by atoms with Gasteiger partial charge in [0.05, 0.1) is 6.54 Å². The predicted molar refractivity (Wildman–Crippen MR) is 85.0 cm³/mol. The van der Waals surface area contributed by atoms with Crippen LogP contribution >= 0.6 is 12.4 Å². The van der Waals surface area contributed by atoms with Crippen molar-refractivity contribution in [1.29, 1.82) is 0 Å². The number of amides is 2. The molecule has 1 N–H and O–H groups in total. The van der Waals surface area contributed by atoms with Crippen molar-refractivity contribution in [2.24, 2.45) is 5.92 Å². The summed E-state index contributed by atoms with van der Waals surface area (Å²) in [7, 11) is 0. The molecule has 2 aliphatic heterocycles. The van der Waals surface area contributed by atoms with Crippen molar-refractivity contribution in [2.45, 2.75) is 31.8 Å². The Balaban J connectivity index is 0.00000176. The molecule has 0 spiro atoms. The Morgan fingerprint density at radius 2 is 1.73 bits per heavy atom. The van der Waals surface area contributed by atoms with Crippen molar-refractivity contribution in [3.63, 3.8) is 0 Å². The van der Waals surface area contributed by atoms with Crippen LogP contribution < -0.4 is 5.32 Å². The SMILES string of the molecule is Cl.O=C(CNCC1CC1)N1CCN(C(=O)C2CCCO2)CC1. The first-order valence-corrected chi connectivity index (χ1v) is 8.13. The summed E-state index contributed by atoms with van der Waals surface area (Å²) < 4.78 is 5.44. The molecule has 7 heteroatoms. The quantitative estimate of drug-likeness (QED) is 0.785. The highest BCUT2D eigenvalue weighted by Gasteiger charge is 2.31.